The van der Waals surface area contributed by atoms with Crippen molar-refractivity contribution in [2.75, 3.05) is 32.9 Å². The van der Waals surface area contributed by atoms with Gasteiger partial charge in [0.25, 0.3) is 0 Å². The van der Waals surface area contributed by atoms with Crippen molar-refractivity contribution in [2.24, 2.45) is 16.3 Å². The Morgan fingerprint density at radius 1 is 1.23 bits per heavy atom. The monoisotopic (exact) mass is 446 g/mol. The normalized spacial score (nSPS) is 17.6. The molecule has 0 heterocycles. The fourth-order valence-corrected chi connectivity index (χ4v) is 3.38. The number of halogens is 1. The third-order valence-corrected chi connectivity index (χ3v) is 4.62. The predicted molar refractivity (Wildman–Crippen MR) is 103 cm³/mol. The maximum atomic E-state index is 11.0. The summed E-state index contributed by atoms with van der Waals surface area (Å²) in [4.78, 5) is 4.18. The standard InChI is InChI=1S/C14H30N4O2S.HI/c1-12(2)10-14(6-5-7-14)11-17-13(15-3)16-8-9-18-21(4,19)20;/h12,18H,5-11H2,1-4H3,(H2,15,16,17);1H. The molecular formula is C14H31IN4O2S. The third kappa shape index (κ3) is 8.52. The van der Waals surface area contributed by atoms with Crippen LogP contribution in [-0.2, 0) is 10.0 Å². The second-order valence-electron chi connectivity index (χ2n) is 6.47. The van der Waals surface area contributed by atoms with Crippen LogP contribution in [0.15, 0.2) is 4.99 Å². The molecule has 8 heteroatoms. The molecule has 1 saturated carbocycles. The Morgan fingerprint density at radius 2 is 1.86 bits per heavy atom. The minimum atomic E-state index is -3.12. The van der Waals surface area contributed by atoms with E-state index in [0.29, 0.717) is 24.4 Å². The van der Waals surface area contributed by atoms with Gasteiger partial charge in [-0.05, 0) is 30.6 Å². The molecule has 0 bridgehead atoms. The quantitative estimate of drug-likeness (QED) is 0.229. The summed E-state index contributed by atoms with van der Waals surface area (Å²) in [5.74, 6) is 1.45. The minimum absolute atomic E-state index is 0. The first-order chi connectivity index (χ1) is 9.76. The largest absolute Gasteiger partial charge is 0.356 e. The number of aliphatic imine (C=N–C) groups is 1. The molecule has 1 rings (SSSR count). The zero-order valence-electron chi connectivity index (χ0n) is 14.1. The second-order valence-corrected chi connectivity index (χ2v) is 8.30. The van der Waals surface area contributed by atoms with Crippen LogP contribution in [0.4, 0.5) is 0 Å². The first-order valence-corrected chi connectivity index (χ1v) is 9.55. The fraction of sp³-hybridized carbons (Fsp3) is 0.929. The number of nitrogens with one attached hydrogen (secondary N) is 3. The molecule has 0 saturated heterocycles. The van der Waals surface area contributed by atoms with Crippen LogP contribution in [0.25, 0.3) is 0 Å². The predicted octanol–water partition coefficient (Wildman–Crippen LogP) is 1.53. The van der Waals surface area contributed by atoms with Crippen LogP contribution in [0, 0.1) is 11.3 Å². The Morgan fingerprint density at radius 3 is 2.27 bits per heavy atom. The highest BCUT2D eigenvalue weighted by atomic mass is 127. The smallest absolute Gasteiger partial charge is 0.208 e. The highest BCUT2D eigenvalue weighted by Crippen LogP contribution is 2.45. The molecule has 0 radical (unpaired) electrons. The molecule has 1 aliphatic rings. The summed E-state index contributed by atoms with van der Waals surface area (Å²) in [6.45, 7) is 6.35. The topological polar surface area (TPSA) is 82.6 Å². The molecule has 6 nitrogen and oxygen atoms in total. The van der Waals surface area contributed by atoms with Gasteiger partial charge in [0.15, 0.2) is 5.96 Å². The van der Waals surface area contributed by atoms with E-state index in [-0.39, 0.29) is 24.0 Å². The van der Waals surface area contributed by atoms with Gasteiger partial charge >= 0.3 is 0 Å². The summed E-state index contributed by atoms with van der Waals surface area (Å²) in [6, 6.07) is 0. The van der Waals surface area contributed by atoms with Crippen LogP contribution >= 0.6 is 24.0 Å². The van der Waals surface area contributed by atoms with Crippen LogP contribution in [-0.4, -0.2) is 47.3 Å². The molecule has 1 aliphatic carbocycles. The van der Waals surface area contributed by atoms with Crippen molar-refractivity contribution in [1.29, 1.82) is 0 Å². The van der Waals surface area contributed by atoms with Crippen LogP contribution < -0.4 is 15.4 Å². The molecule has 3 N–H and O–H groups in total. The lowest BCUT2D eigenvalue weighted by molar-refractivity contribution is 0.104. The lowest BCUT2D eigenvalue weighted by Gasteiger charge is -2.43. The SMILES string of the molecule is CN=C(NCCNS(C)(=O)=O)NCC1(CC(C)C)CCC1.I. The van der Waals surface area contributed by atoms with Crippen LogP contribution in [0.1, 0.15) is 39.5 Å². The summed E-state index contributed by atoms with van der Waals surface area (Å²) < 4.78 is 24.4. The molecule has 0 unspecified atom stereocenters. The maximum Gasteiger partial charge on any atom is 0.208 e. The van der Waals surface area contributed by atoms with E-state index in [0.717, 1.165) is 18.8 Å². The van der Waals surface area contributed by atoms with E-state index in [1.165, 1.54) is 25.7 Å². The van der Waals surface area contributed by atoms with Crippen LogP contribution in [0.2, 0.25) is 0 Å². The van der Waals surface area contributed by atoms with Gasteiger partial charge in [0.1, 0.15) is 0 Å². The van der Waals surface area contributed by atoms with E-state index in [4.69, 9.17) is 0 Å². The number of guanidine groups is 1. The van der Waals surface area contributed by atoms with E-state index in [2.05, 4.69) is 34.2 Å². The first-order valence-electron chi connectivity index (χ1n) is 7.65. The van der Waals surface area contributed by atoms with Gasteiger partial charge < -0.3 is 10.6 Å². The van der Waals surface area contributed by atoms with E-state index >= 15 is 0 Å². The van der Waals surface area contributed by atoms with Crippen molar-refractivity contribution in [1.82, 2.24) is 15.4 Å². The molecule has 22 heavy (non-hydrogen) atoms. The zero-order valence-corrected chi connectivity index (χ0v) is 17.3. The Hall–Kier alpha value is -0.0900. The summed E-state index contributed by atoms with van der Waals surface area (Å²) in [6.07, 6.45) is 6.29. The van der Waals surface area contributed by atoms with Gasteiger partial charge in [0.2, 0.25) is 10.0 Å². The van der Waals surface area contributed by atoms with Crippen LogP contribution in [0.5, 0.6) is 0 Å². The van der Waals surface area contributed by atoms with Gasteiger partial charge in [0, 0.05) is 26.7 Å². The molecule has 0 aromatic heterocycles. The first kappa shape index (κ1) is 21.9. The minimum Gasteiger partial charge on any atom is -0.356 e. The van der Waals surface area contributed by atoms with Crippen molar-refractivity contribution >= 4 is 40.0 Å². The molecule has 0 atom stereocenters. The summed E-state index contributed by atoms with van der Waals surface area (Å²) in [7, 11) is -1.39. The number of sulfonamides is 1. The maximum absolute atomic E-state index is 11.0. The van der Waals surface area contributed by atoms with Crippen molar-refractivity contribution in [3.8, 4) is 0 Å². The second kappa shape index (κ2) is 9.92. The molecule has 0 aromatic carbocycles. The number of rotatable bonds is 8. The molecule has 0 amide bonds. The summed E-state index contributed by atoms with van der Waals surface area (Å²) in [5, 5.41) is 6.50. The third-order valence-electron chi connectivity index (χ3n) is 3.89. The van der Waals surface area contributed by atoms with E-state index in [9.17, 15) is 8.42 Å². The summed E-state index contributed by atoms with van der Waals surface area (Å²) >= 11 is 0. The number of hydrogen-bond acceptors (Lipinski definition) is 3. The van der Waals surface area contributed by atoms with Crippen molar-refractivity contribution in [2.45, 2.75) is 39.5 Å². The molecule has 1 fully saturated rings. The molecule has 132 valence electrons. The van der Waals surface area contributed by atoms with Gasteiger partial charge in [-0.2, -0.15) is 0 Å². The Kier molecular flexibility index (Phi) is 9.88. The zero-order chi connectivity index (χ0) is 15.9. The van der Waals surface area contributed by atoms with E-state index < -0.39 is 10.0 Å². The highest BCUT2D eigenvalue weighted by Gasteiger charge is 2.37. The number of hydrogen-bond donors (Lipinski definition) is 3. The van der Waals surface area contributed by atoms with E-state index in [1.54, 1.807) is 7.05 Å². The Labute approximate surface area is 152 Å². The van der Waals surface area contributed by atoms with Crippen molar-refractivity contribution < 1.29 is 8.42 Å². The van der Waals surface area contributed by atoms with Crippen molar-refractivity contribution in [3.05, 3.63) is 0 Å². The average molecular weight is 446 g/mol. The average Bonchev–Trinajstić information content (AvgIpc) is 2.32. The van der Waals surface area contributed by atoms with Gasteiger partial charge in [-0.3, -0.25) is 4.99 Å². The molecule has 0 spiro atoms. The van der Waals surface area contributed by atoms with E-state index in [1.807, 2.05) is 0 Å². The van der Waals surface area contributed by atoms with Gasteiger partial charge in [0.05, 0.1) is 6.26 Å². The van der Waals surface area contributed by atoms with Gasteiger partial charge in [-0.25, -0.2) is 13.1 Å². The highest BCUT2D eigenvalue weighted by molar-refractivity contribution is 14.0. The Balaban J connectivity index is 0.00000441. The summed E-state index contributed by atoms with van der Waals surface area (Å²) in [5.41, 5.74) is 0.413. The lowest BCUT2D eigenvalue weighted by Crippen LogP contribution is -2.48. The van der Waals surface area contributed by atoms with Gasteiger partial charge in [-0.15, -0.1) is 24.0 Å². The van der Waals surface area contributed by atoms with Gasteiger partial charge in [-0.1, -0.05) is 20.3 Å². The molecule has 0 aliphatic heterocycles. The van der Waals surface area contributed by atoms with Crippen molar-refractivity contribution in [3.63, 3.8) is 0 Å². The van der Waals surface area contributed by atoms with Crippen LogP contribution in [0.3, 0.4) is 0 Å². The fourth-order valence-electron chi connectivity index (χ4n) is 2.91. The molecular weight excluding hydrogens is 415 g/mol. The molecule has 0 aromatic rings. The lowest BCUT2D eigenvalue weighted by atomic mass is 9.64. The number of nitrogens with zero attached hydrogens (tertiary/aromatic N) is 1. The Bertz CT molecular complexity index is 448.